The highest BCUT2D eigenvalue weighted by Crippen LogP contribution is 2.44. The van der Waals surface area contributed by atoms with E-state index in [2.05, 4.69) is 22.1 Å². The van der Waals surface area contributed by atoms with Crippen molar-refractivity contribution in [3.63, 3.8) is 0 Å². The van der Waals surface area contributed by atoms with Crippen LogP contribution < -0.4 is 11.1 Å². The van der Waals surface area contributed by atoms with Crippen molar-refractivity contribution in [1.82, 2.24) is 10.3 Å². The standard InChI is InChI=1S/C24H18F3N3O2/c25-24(26,27)21-12-15(13-30-22(21)28)6-5-11-29-23(31)32-14-20-18-9-3-1-7-16(18)17-8-2-4-10-19(17)20/h1-4,7-10,12-13,20H,11,14H2,(H2,28,30)(H,29,31). The smallest absolute Gasteiger partial charge is 0.419 e. The number of aromatic nitrogens is 1. The SMILES string of the molecule is Nc1ncc(C#CCNC(=O)OCC2c3ccccc3-c3ccccc32)cc1C(F)(F)F. The van der Waals surface area contributed by atoms with E-state index in [0.717, 1.165) is 34.5 Å². The molecular weight excluding hydrogens is 419 g/mol. The highest BCUT2D eigenvalue weighted by Gasteiger charge is 2.34. The van der Waals surface area contributed by atoms with E-state index >= 15 is 0 Å². The largest absolute Gasteiger partial charge is 0.449 e. The number of carbonyl (C=O) groups is 1. The van der Waals surface area contributed by atoms with Gasteiger partial charge in [0.1, 0.15) is 12.4 Å². The summed E-state index contributed by atoms with van der Waals surface area (Å²) in [5.74, 6) is 4.42. The number of benzene rings is 2. The molecule has 0 radical (unpaired) electrons. The third-order valence-corrected chi connectivity index (χ3v) is 5.12. The third-order valence-electron chi connectivity index (χ3n) is 5.12. The molecule has 3 N–H and O–H groups in total. The number of alkyl carbamates (subject to hydrolysis) is 1. The van der Waals surface area contributed by atoms with Crippen LogP contribution in [0.1, 0.15) is 28.2 Å². The number of anilines is 1. The molecular formula is C24H18F3N3O2. The second-order valence-electron chi connectivity index (χ2n) is 7.14. The molecule has 0 unspecified atom stereocenters. The minimum Gasteiger partial charge on any atom is -0.449 e. The van der Waals surface area contributed by atoms with Gasteiger partial charge in [-0.1, -0.05) is 60.4 Å². The zero-order chi connectivity index (χ0) is 22.7. The molecule has 5 nitrogen and oxygen atoms in total. The number of nitrogens with zero attached hydrogens (tertiary/aromatic N) is 1. The van der Waals surface area contributed by atoms with Gasteiger partial charge in [0.2, 0.25) is 0 Å². The van der Waals surface area contributed by atoms with E-state index in [4.69, 9.17) is 10.5 Å². The molecule has 1 heterocycles. The molecule has 1 aliphatic rings. The molecule has 1 aliphatic carbocycles. The predicted molar refractivity (Wildman–Crippen MR) is 114 cm³/mol. The first-order chi connectivity index (χ1) is 15.3. The summed E-state index contributed by atoms with van der Waals surface area (Å²) in [6.07, 6.45) is -4.13. The van der Waals surface area contributed by atoms with Crippen LogP contribution in [0.2, 0.25) is 0 Å². The van der Waals surface area contributed by atoms with Crippen LogP contribution in [0.3, 0.4) is 0 Å². The predicted octanol–water partition coefficient (Wildman–Crippen LogP) is 4.57. The van der Waals surface area contributed by atoms with Crippen molar-refractivity contribution in [2.45, 2.75) is 12.1 Å². The Hall–Kier alpha value is -3.99. The lowest BCUT2D eigenvalue weighted by atomic mass is 9.98. The van der Waals surface area contributed by atoms with Crippen molar-refractivity contribution < 1.29 is 22.7 Å². The van der Waals surface area contributed by atoms with Crippen LogP contribution in [0.25, 0.3) is 11.1 Å². The van der Waals surface area contributed by atoms with E-state index in [9.17, 15) is 18.0 Å². The molecule has 0 bridgehead atoms. The Balaban J connectivity index is 1.35. The summed E-state index contributed by atoms with van der Waals surface area (Å²) < 4.78 is 44.0. The summed E-state index contributed by atoms with van der Waals surface area (Å²) in [4.78, 5) is 15.6. The molecule has 0 saturated heterocycles. The van der Waals surface area contributed by atoms with E-state index in [1.807, 2.05) is 48.5 Å². The summed E-state index contributed by atoms with van der Waals surface area (Å²) >= 11 is 0. The van der Waals surface area contributed by atoms with Gasteiger partial charge in [-0.3, -0.25) is 0 Å². The Morgan fingerprint density at radius 3 is 2.34 bits per heavy atom. The second-order valence-corrected chi connectivity index (χ2v) is 7.14. The fraction of sp³-hybridized carbons (Fsp3) is 0.167. The number of fused-ring (bicyclic) bond motifs is 3. The van der Waals surface area contributed by atoms with Crippen molar-refractivity contribution >= 4 is 11.9 Å². The first kappa shape index (κ1) is 21.2. The highest BCUT2D eigenvalue weighted by atomic mass is 19.4. The van der Waals surface area contributed by atoms with Gasteiger partial charge in [-0.25, -0.2) is 9.78 Å². The van der Waals surface area contributed by atoms with Crippen LogP contribution in [0, 0.1) is 11.8 Å². The van der Waals surface area contributed by atoms with Crippen LogP contribution >= 0.6 is 0 Å². The Labute approximate surface area is 182 Å². The highest BCUT2D eigenvalue weighted by molar-refractivity contribution is 5.79. The number of halogens is 3. The maximum Gasteiger partial charge on any atom is 0.419 e. The van der Waals surface area contributed by atoms with Gasteiger partial charge in [-0.15, -0.1) is 0 Å². The molecule has 2 aromatic carbocycles. The number of hydrogen-bond donors (Lipinski definition) is 2. The number of pyridine rings is 1. The molecule has 3 aromatic rings. The minimum atomic E-state index is -4.62. The minimum absolute atomic E-state index is 0.0425. The lowest BCUT2D eigenvalue weighted by molar-refractivity contribution is -0.137. The molecule has 1 amide bonds. The van der Waals surface area contributed by atoms with Gasteiger partial charge < -0.3 is 15.8 Å². The normalized spacial score (nSPS) is 12.3. The first-order valence-corrected chi connectivity index (χ1v) is 9.75. The number of alkyl halides is 3. The molecule has 4 rings (SSSR count). The molecule has 0 fully saturated rings. The van der Waals surface area contributed by atoms with Crippen molar-refractivity contribution in [2.24, 2.45) is 0 Å². The number of amides is 1. The van der Waals surface area contributed by atoms with Crippen LogP contribution in [0.15, 0.2) is 60.8 Å². The molecule has 0 atom stereocenters. The zero-order valence-electron chi connectivity index (χ0n) is 16.7. The third kappa shape index (κ3) is 4.37. The number of nitrogen functional groups attached to an aromatic ring is 1. The quantitative estimate of drug-likeness (QED) is 0.589. The molecule has 0 spiro atoms. The van der Waals surface area contributed by atoms with Gasteiger partial charge in [-0.05, 0) is 28.3 Å². The molecule has 0 saturated carbocycles. The monoisotopic (exact) mass is 437 g/mol. The van der Waals surface area contributed by atoms with Crippen LogP contribution in [-0.2, 0) is 10.9 Å². The van der Waals surface area contributed by atoms with Crippen molar-refractivity contribution in [2.75, 3.05) is 18.9 Å². The van der Waals surface area contributed by atoms with Gasteiger partial charge in [0, 0.05) is 17.7 Å². The summed E-state index contributed by atoms with van der Waals surface area (Å²) in [5.41, 5.74) is 8.69. The second kappa shape index (κ2) is 8.63. The average molecular weight is 437 g/mol. The fourth-order valence-electron chi connectivity index (χ4n) is 3.68. The van der Waals surface area contributed by atoms with Crippen molar-refractivity contribution in [3.05, 3.63) is 83.0 Å². The zero-order valence-corrected chi connectivity index (χ0v) is 16.7. The van der Waals surface area contributed by atoms with Gasteiger partial charge in [0.05, 0.1) is 12.1 Å². The Kier molecular flexibility index (Phi) is 5.73. The van der Waals surface area contributed by atoms with Crippen molar-refractivity contribution in [1.29, 1.82) is 0 Å². The van der Waals surface area contributed by atoms with Gasteiger partial charge in [-0.2, -0.15) is 13.2 Å². The van der Waals surface area contributed by atoms with Crippen LogP contribution in [-0.4, -0.2) is 24.2 Å². The molecule has 162 valence electrons. The summed E-state index contributed by atoms with van der Waals surface area (Å²) in [6.45, 7) is 0.0620. The van der Waals surface area contributed by atoms with Gasteiger partial charge in [0.15, 0.2) is 0 Å². The van der Waals surface area contributed by atoms with Gasteiger partial charge in [0.25, 0.3) is 0 Å². The molecule has 1 aromatic heterocycles. The fourth-order valence-corrected chi connectivity index (χ4v) is 3.68. The van der Waals surface area contributed by atoms with Gasteiger partial charge >= 0.3 is 12.3 Å². The molecule has 32 heavy (non-hydrogen) atoms. The van der Waals surface area contributed by atoms with E-state index in [1.165, 1.54) is 0 Å². The lowest BCUT2D eigenvalue weighted by Crippen LogP contribution is -2.26. The topological polar surface area (TPSA) is 77.2 Å². The Bertz CT molecular complexity index is 1180. The lowest BCUT2D eigenvalue weighted by Gasteiger charge is -2.14. The number of hydrogen-bond acceptors (Lipinski definition) is 4. The molecule has 8 heteroatoms. The van der Waals surface area contributed by atoms with Crippen LogP contribution in [0.5, 0.6) is 0 Å². The van der Waals surface area contributed by atoms with E-state index in [1.54, 1.807) is 0 Å². The van der Waals surface area contributed by atoms with E-state index in [-0.39, 0.29) is 24.6 Å². The number of rotatable bonds is 3. The first-order valence-electron chi connectivity index (χ1n) is 9.75. The average Bonchev–Trinajstić information content (AvgIpc) is 3.09. The number of carbonyl (C=O) groups excluding carboxylic acids is 1. The molecule has 0 aliphatic heterocycles. The summed E-state index contributed by atoms with van der Waals surface area (Å²) in [5, 5.41) is 2.48. The van der Waals surface area contributed by atoms with Crippen molar-refractivity contribution in [3.8, 4) is 23.0 Å². The van der Waals surface area contributed by atoms with Crippen LogP contribution in [0.4, 0.5) is 23.8 Å². The maximum absolute atomic E-state index is 12.9. The Morgan fingerprint density at radius 1 is 1.09 bits per heavy atom. The summed E-state index contributed by atoms with van der Waals surface area (Å²) in [6, 6.07) is 16.8. The number of nitrogens with two attached hydrogens (primary N) is 1. The van der Waals surface area contributed by atoms with E-state index in [0.29, 0.717) is 0 Å². The number of nitrogens with one attached hydrogen (secondary N) is 1. The number of ether oxygens (including phenoxy) is 1. The summed E-state index contributed by atoms with van der Waals surface area (Å²) in [7, 11) is 0. The van der Waals surface area contributed by atoms with E-state index < -0.39 is 23.7 Å². The maximum atomic E-state index is 12.9. The Morgan fingerprint density at radius 2 is 1.72 bits per heavy atom.